The van der Waals surface area contributed by atoms with Crippen LogP contribution in [0.25, 0.3) is 0 Å². The van der Waals surface area contributed by atoms with E-state index >= 15 is 0 Å². The zero-order chi connectivity index (χ0) is 15.4. The van der Waals surface area contributed by atoms with E-state index in [1.807, 2.05) is 0 Å². The van der Waals surface area contributed by atoms with E-state index < -0.39 is 42.1 Å². The first-order chi connectivity index (χ1) is 9.97. The molecule has 114 valence electrons. The SMILES string of the molecule is O=C(COc1ccc(F)cc1F)NC1COCC1C(=O)O. The lowest BCUT2D eigenvalue weighted by molar-refractivity contribution is -0.142. The number of carbonyl (C=O) groups is 2. The monoisotopic (exact) mass is 301 g/mol. The second-order valence-electron chi connectivity index (χ2n) is 4.52. The number of carboxylic acids is 1. The molecular formula is C13H13F2NO5. The normalized spacial score (nSPS) is 21.0. The predicted molar refractivity (Wildman–Crippen MR) is 65.7 cm³/mol. The summed E-state index contributed by atoms with van der Waals surface area (Å²) in [5.41, 5.74) is 0. The molecule has 1 aromatic rings. The maximum Gasteiger partial charge on any atom is 0.311 e. The second kappa shape index (κ2) is 6.49. The Bertz CT molecular complexity index is 551. The Balaban J connectivity index is 1.86. The van der Waals surface area contributed by atoms with Gasteiger partial charge >= 0.3 is 5.97 Å². The number of carbonyl (C=O) groups excluding carboxylic acids is 1. The fourth-order valence-corrected chi connectivity index (χ4v) is 1.92. The summed E-state index contributed by atoms with van der Waals surface area (Å²) in [7, 11) is 0. The Hall–Kier alpha value is -2.22. The minimum Gasteiger partial charge on any atom is -0.481 e. The highest BCUT2D eigenvalue weighted by molar-refractivity contribution is 5.79. The van der Waals surface area contributed by atoms with Crippen molar-refractivity contribution in [2.75, 3.05) is 19.8 Å². The molecule has 1 aliphatic rings. The van der Waals surface area contributed by atoms with Crippen molar-refractivity contribution in [3.05, 3.63) is 29.8 Å². The van der Waals surface area contributed by atoms with E-state index in [0.29, 0.717) is 6.07 Å². The summed E-state index contributed by atoms with van der Waals surface area (Å²) in [6, 6.07) is 2.05. The minimum absolute atomic E-state index is 0.0216. The minimum atomic E-state index is -1.07. The second-order valence-corrected chi connectivity index (χ2v) is 4.52. The van der Waals surface area contributed by atoms with Gasteiger partial charge in [-0.3, -0.25) is 9.59 Å². The van der Waals surface area contributed by atoms with Crippen LogP contribution in [-0.4, -0.2) is 42.8 Å². The van der Waals surface area contributed by atoms with Crippen LogP contribution in [0, 0.1) is 17.6 Å². The molecule has 0 bridgehead atoms. The molecule has 1 aromatic carbocycles. The summed E-state index contributed by atoms with van der Waals surface area (Å²) in [5, 5.41) is 11.4. The average Bonchev–Trinajstić information content (AvgIpc) is 2.86. The van der Waals surface area contributed by atoms with Gasteiger partial charge in [-0.15, -0.1) is 0 Å². The van der Waals surface area contributed by atoms with Crippen molar-refractivity contribution in [1.29, 1.82) is 0 Å². The van der Waals surface area contributed by atoms with Gasteiger partial charge in [-0.1, -0.05) is 0 Å². The fourth-order valence-electron chi connectivity index (χ4n) is 1.92. The number of aliphatic carboxylic acids is 1. The van der Waals surface area contributed by atoms with Crippen LogP contribution in [0.4, 0.5) is 8.78 Å². The van der Waals surface area contributed by atoms with Gasteiger partial charge in [-0.2, -0.15) is 0 Å². The highest BCUT2D eigenvalue weighted by Gasteiger charge is 2.35. The largest absolute Gasteiger partial charge is 0.481 e. The third-order valence-corrected chi connectivity index (χ3v) is 3.00. The summed E-state index contributed by atoms with van der Waals surface area (Å²) in [4.78, 5) is 22.5. The fraction of sp³-hybridized carbons (Fsp3) is 0.385. The van der Waals surface area contributed by atoms with E-state index in [4.69, 9.17) is 14.6 Å². The molecule has 0 aliphatic carbocycles. The van der Waals surface area contributed by atoms with Gasteiger partial charge in [0.1, 0.15) is 11.7 Å². The zero-order valence-corrected chi connectivity index (χ0v) is 10.8. The van der Waals surface area contributed by atoms with Crippen molar-refractivity contribution >= 4 is 11.9 Å². The van der Waals surface area contributed by atoms with Gasteiger partial charge in [-0.05, 0) is 12.1 Å². The molecule has 0 spiro atoms. The Morgan fingerprint density at radius 1 is 1.38 bits per heavy atom. The van der Waals surface area contributed by atoms with Gasteiger partial charge < -0.3 is 19.9 Å². The first-order valence-electron chi connectivity index (χ1n) is 6.15. The van der Waals surface area contributed by atoms with Gasteiger partial charge in [0.05, 0.1) is 19.3 Å². The molecule has 2 atom stereocenters. The number of nitrogens with one attached hydrogen (secondary N) is 1. The van der Waals surface area contributed by atoms with Crippen molar-refractivity contribution in [2.24, 2.45) is 5.92 Å². The molecule has 1 aliphatic heterocycles. The number of hydrogen-bond donors (Lipinski definition) is 2. The third kappa shape index (κ3) is 3.88. The molecule has 2 N–H and O–H groups in total. The van der Waals surface area contributed by atoms with Crippen molar-refractivity contribution in [1.82, 2.24) is 5.32 Å². The van der Waals surface area contributed by atoms with Crippen LogP contribution in [0.3, 0.4) is 0 Å². The number of carboxylic acid groups (broad SMARTS) is 1. The molecule has 1 fully saturated rings. The van der Waals surface area contributed by atoms with Crippen molar-refractivity contribution in [3.8, 4) is 5.75 Å². The predicted octanol–water partition coefficient (Wildman–Crippen LogP) is 0.559. The maximum atomic E-state index is 13.3. The molecule has 6 nitrogen and oxygen atoms in total. The van der Waals surface area contributed by atoms with E-state index in [-0.39, 0.29) is 19.0 Å². The van der Waals surface area contributed by atoms with Crippen LogP contribution >= 0.6 is 0 Å². The van der Waals surface area contributed by atoms with Crippen LogP contribution in [0.2, 0.25) is 0 Å². The van der Waals surface area contributed by atoms with Crippen LogP contribution in [0.15, 0.2) is 18.2 Å². The van der Waals surface area contributed by atoms with Crippen molar-refractivity contribution < 1.29 is 33.0 Å². The summed E-state index contributed by atoms with van der Waals surface area (Å²) in [6.07, 6.45) is 0. The van der Waals surface area contributed by atoms with Crippen LogP contribution < -0.4 is 10.1 Å². The molecular weight excluding hydrogens is 288 g/mol. The van der Waals surface area contributed by atoms with E-state index in [1.165, 1.54) is 0 Å². The highest BCUT2D eigenvalue weighted by atomic mass is 19.1. The van der Waals surface area contributed by atoms with Gasteiger partial charge in [-0.25, -0.2) is 8.78 Å². The van der Waals surface area contributed by atoms with E-state index in [0.717, 1.165) is 12.1 Å². The molecule has 2 unspecified atom stereocenters. The molecule has 1 saturated heterocycles. The number of amides is 1. The van der Waals surface area contributed by atoms with E-state index in [1.54, 1.807) is 0 Å². The number of ether oxygens (including phenoxy) is 2. The molecule has 1 heterocycles. The molecule has 0 radical (unpaired) electrons. The molecule has 1 amide bonds. The first-order valence-corrected chi connectivity index (χ1v) is 6.15. The summed E-state index contributed by atoms with van der Waals surface area (Å²) >= 11 is 0. The summed E-state index contributed by atoms with van der Waals surface area (Å²) < 4.78 is 35.9. The lowest BCUT2D eigenvalue weighted by atomic mass is 10.0. The summed E-state index contributed by atoms with van der Waals surface area (Å²) in [6.45, 7) is -0.396. The van der Waals surface area contributed by atoms with Crippen molar-refractivity contribution in [3.63, 3.8) is 0 Å². The topological polar surface area (TPSA) is 84.9 Å². The van der Waals surface area contributed by atoms with E-state index in [9.17, 15) is 18.4 Å². The van der Waals surface area contributed by atoms with Crippen molar-refractivity contribution in [2.45, 2.75) is 6.04 Å². The lowest BCUT2D eigenvalue weighted by Gasteiger charge is -2.16. The molecule has 0 aromatic heterocycles. The molecule has 8 heteroatoms. The number of hydrogen-bond acceptors (Lipinski definition) is 4. The zero-order valence-electron chi connectivity index (χ0n) is 10.8. The standard InChI is InChI=1S/C13H13F2NO5/c14-7-1-2-11(9(15)3-7)21-6-12(17)16-10-5-20-4-8(10)13(18)19/h1-3,8,10H,4-6H2,(H,16,17)(H,18,19). The quantitative estimate of drug-likeness (QED) is 0.830. The molecule has 0 saturated carbocycles. The Morgan fingerprint density at radius 3 is 2.81 bits per heavy atom. The van der Waals surface area contributed by atoms with Gasteiger partial charge in [0.25, 0.3) is 5.91 Å². The molecule has 2 rings (SSSR count). The van der Waals surface area contributed by atoms with Crippen LogP contribution in [-0.2, 0) is 14.3 Å². The third-order valence-electron chi connectivity index (χ3n) is 3.00. The average molecular weight is 301 g/mol. The number of benzene rings is 1. The Morgan fingerprint density at radius 2 is 2.14 bits per heavy atom. The smallest absolute Gasteiger partial charge is 0.311 e. The number of rotatable bonds is 5. The van der Waals surface area contributed by atoms with Crippen LogP contribution in [0.1, 0.15) is 0 Å². The lowest BCUT2D eigenvalue weighted by Crippen LogP contribution is -2.44. The maximum absolute atomic E-state index is 13.3. The Kier molecular flexibility index (Phi) is 4.69. The van der Waals surface area contributed by atoms with Gasteiger partial charge in [0.15, 0.2) is 18.2 Å². The van der Waals surface area contributed by atoms with E-state index in [2.05, 4.69) is 5.32 Å². The van der Waals surface area contributed by atoms with Crippen LogP contribution in [0.5, 0.6) is 5.75 Å². The highest BCUT2D eigenvalue weighted by Crippen LogP contribution is 2.17. The summed E-state index contributed by atoms with van der Waals surface area (Å²) in [5.74, 6) is -4.43. The van der Waals surface area contributed by atoms with Gasteiger partial charge in [0.2, 0.25) is 0 Å². The van der Waals surface area contributed by atoms with Gasteiger partial charge in [0, 0.05) is 6.07 Å². The first kappa shape index (κ1) is 15.2. The number of halogens is 2. The Labute approximate surface area is 118 Å². The molecule has 21 heavy (non-hydrogen) atoms.